The number of carbonyl (C=O) groups excluding carboxylic acids is 1. The molecule has 23 heavy (non-hydrogen) atoms. The highest BCUT2D eigenvalue weighted by molar-refractivity contribution is 5.80. The molecular weight excluding hydrogens is 286 g/mol. The molecular formula is C20H29NO2. The number of hydrogen-bond acceptors (Lipinski definition) is 2. The predicted octanol–water partition coefficient (Wildman–Crippen LogP) is 4.58. The summed E-state index contributed by atoms with van der Waals surface area (Å²) in [6.45, 7) is 6.77. The highest BCUT2D eigenvalue weighted by Crippen LogP contribution is 2.26. The van der Waals surface area contributed by atoms with Crippen molar-refractivity contribution in [1.82, 2.24) is 5.32 Å². The van der Waals surface area contributed by atoms with Crippen LogP contribution in [0.25, 0.3) is 0 Å². The number of carbonyl (C=O) groups is 1. The maximum atomic E-state index is 12.2. The zero-order valence-electron chi connectivity index (χ0n) is 14.6. The average Bonchev–Trinajstić information content (AvgIpc) is 2.56. The molecule has 0 aromatic heterocycles. The summed E-state index contributed by atoms with van der Waals surface area (Å²) in [6.07, 6.45) is 7.77. The van der Waals surface area contributed by atoms with Gasteiger partial charge in [-0.3, -0.25) is 4.79 Å². The Morgan fingerprint density at radius 3 is 2.70 bits per heavy atom. The minimum absolute atomic E-state index is 0.0417. The van der Waals surface area contributed by atoms with E-state index in [0.717, 1.165) is 17.7 Å². The van der Waals surface area contributed by atoms with Gasteiger partial charge in [0.05, 0.1) is 0 Å². The molecule has 1 aliphatic carbocycles. The Morgan fingerprint density at radius 1 is 1.22 bits per heavy atom. The van der Waals surface area contributed by atoms with Gasteiger partial charge in [0.2, 0.25) is 0 Å². The van der Waals surface area contributed by atoms with Crippen LogP contribution in [0.5, 0.6) is 5.75 Å². The standard InChI is InChI=1S/C20H29NO2/c1-15(2)18-11-7-8-12-19(18)23-16(3)20(22)21-14-13-17-9-5-4-6-10-17/h7-9,11-12,15-16H,4-6,10,13-14H2,1-3H3,(H,21,22)/t16-/m0/s1. The number of allylic oxidation sites excluding steroid dienone is 1. The molecule has 0 saturated carbocycles. The highest BCUT2D eigenvalue weighted by Gasteiger charge is 2.17. The molecule has 1 amide bonds. The maximum absolute atomic E-state index is 12.2. The molecule has 3 nitrogen and oxygen atoms in total. The number of benzene rings is 1. The van der Waals surface area contributed by atoms with Crippen LogP contribution in [0.2, 0.25) is 0 Å². The number of para-hydroxylation sites is 1. The van der Waals surface area contributed by atoms with Crippen molar-refractivity contribution in [2.45, 2.75) is 64.9 Å². The van der Waals surface area contributed by atoms with Crippen molar-refractivity contribution in [1.29, 1.82) is 0 Å². The molecule has 1 N–H and O–H groups in total. The van der Waals surface area contributed by atoms with Crippen LogP contribution < -0.4 is 10.1 Å². The van der Waals surface area contributed by atoms with Crippen LogP contribution in [0.15, 0.2) is 35.9 Å². The van der Waals surface area contributed by atoms with Crippen LogP contribution in [0, 0.1) is 0 Å². The average molecular weight is 315 g/mol. The summed E-state index contributed by atoms with van der Waals surface area (Å²) in [6, 6.07) is 7.94. The van der Waals surface area contributed by atoms with Crippen LogP contribution in [0.4, 0.5) is 0 Å². The van der Waals surface area contributed by atoms with E-state index in [4.69, 9.17) is 4.74 Å². The van der Waals surface area contributed by atoms with E-state index in [2.05, 4.69) is 31.3 Å². The third-order valence-electron chi connectivity index (χ3n) is 4.34. The predicted molar refractivity (Wildman–Crippen MR) is 94.8 cm³/mol. The van der Waals surface area contributed by atoms with Gasteiger partial charge in [-0.2, -0.15) is 0 Å². The summed E-state index contributed by atoms with van der Waals surface area (Å²) in [4.78, 5) is 12.2. The van der Waals surface area contributed by atoms with Crippen molar-refractivity contribution in [3.8, 4) is 5.75 Å². The molecule has 0 spiro atoms. The Kier molecular flexibility index (Phi) is 6.69. The molecule has 1 atom stereocenters. The Morgan fingerprint density at radius 2 is 2.00 bits per heavy atom. The van der Waals surface area contributed by atoms with Gasteiger partial charge in [-0.15, -0.1) is 0 Å². The molecule has 0 aliphatic heterocycles. The topological polar surface area (TPSA) is 38.3 Å². The fraction of sp³-hybridized carbons (Fsp3) is 0.550. The van der Waals surface area contributed by atoms with Crippen molar-refractivity contribution < 1.29 is 9.53 Å². The molecule has 126 valence electrons. The van der Waals surface area contributed by atoms with E-state index >= 15 is 0 Å². The first-order valence-electron chi connectivity index (χ1n) is 8.79. The van der Waals surface area contributed by atoms with Crippen LogP contribution in [0.1, 0.15) is 64.4 Å². The van der Waals surface area contributed by atoms with Gasteiger partial charge in [0.1, 0.15) is 5.75 Å². The van der Waals surface area contributed by atoms with E-state index in [9.17, 15) is 4.79 Å². The van der Waals surface area contributed by atoms with E-state index < -0.39 is 6.10 Å². The first kappa shape index (κ1) is 17.6. The second-order valence-electron chi connectivity index (χ2n) is 6.60. The highest BCUT2D eigenvalue weighted by atomic mass is 16.5. The minimum Gasteiger partial charge on any atom is -0.481 e. The van der Waals surface area contributed by atoms with Crippen molar-refractivity contribution in [3.05, 3.63) is 41.5 Å². The Balaban J connectivity index is 1.82. The third-order valence-corrected chi connectivity index (χ3v) is 4.34. The molecule has 0 saturated heterocycles. The summed E-state index contributed by atoms with van der Waals surface area (Å²) in [5.74, 6) is 1.14. The van der Waals surface area contributed by atoms with E-state index in [1.807, 2.05) is 25.1 Å². The summed E-state index contributed by atoms with van der Waals surface area (Å²) in [5.41, 5.74) is 2.62. The lowest BCUT2D eigenvalue weighted by molar-refractivity contribution is -0.127. The summed E-state index contributed by atoms with van der Waals surface area (Å²) >= 11 is 0. The van der Waals surface area contributed by atoms with Gasteiger partial charge >= 0.3 is 0 Å². The summed E-state index contributed by atoms with van der Waals surface area (Å²) in [5, 5.41) is 2.99. The van der Waals surface area contributed by atoms with E-state index in [1.165, 1.54) is 31.3 Å². The first-order valence-corrected chi connectivity index (χ1v) is 8.79. The largest absolute Gasteiger partial charge is 0.481 e. The number of ether oxygens (including phenoxy) is 1. The van der Waals surface area contributed by atoms with E-state index in [-0.39, 0.29) is 5.91 Å². The van der Waals surface area contributed by atoms with Crippen LogP contribution >= 0.6 is 0 Å². The normalized spacial score (nSPS) is 15.9. The van der Waals surface area contributed by atoms with Crippen molar-refractivity contribution in [3.63, 3.8) is 0 Å². The van der Waals surface area contributed by atoms with E-state index in [0.29, 0.717) is 12.5 Å². The Hall–Kier alpha value is -1.77. The molecule has 1 aromatic rings. The summed E-state index contributed by atoms with van der Waals surface area (Å²) < 4.78 is 5.88. The van der Waals surface area contributed by atoms with E-state index in [1.54, 1.807) is 0 Å². The second kappa shape index (κ2) is 8.76. The molecule has 0 bridgehead atoms. The molecule has 0 fully saturated rings. The van der Waals surface area contributed by atoms with Gasteiger partial charge in [0.15, 0.2) is 6.10 Å². The Bertz CT molecular complexity index is 548. The monoisotopic (exact) mass is 315 g/mol. The van der Waals surface area contributed by atoms with Gasteiger partial charge in [-0.05, 0) is 56.6 Å². The minimum atomic E-state index is -0.477. The lowest BCUT2D eigenvalue weighted by Crippen LogP contribution is -2.37. The first-order chi connectivity index (χ1) is 11.1. The van der Waals surface area contributed by atoms with Gasteiger partial charge in [-0.1, -0.05) is 43.7 Å². The van der Waals surface area contributed by atoms with Crippen LogP contribution in [-0.2, 0) is 4.79 Å². The molecule has 3 heteroatoms. The van der Waals surface area contributed by atoms with Gasteiger partial charge in [-0.25, -0.2) is 0 Å². The fourth-order valence-electron chi connectivity index (χ4n) is 2.93. The van der Waals surface area contributed by atoms with Gasteiger partial charge < -0.3 is 10.1 Å². The number of amides is 1. The molecule has 0 unspecified atom stereocenters. The van der Waals surface area contributed by atoms with Gasteiger partial charge in [0.25, 0.3) is 5.91 Å². The second-order valence-corrected chi connectivity index (χ2v) is 6.60. The molecule has 1 aliphatic rings. The fourth-order valence-corrected chi connectivity index (χ4v) is 2.93. The molecule has 2 rings (SSSR count). The van der Waals surface area contributed by atoms with Crippen molar-refractivity contribution >= 4 is 5.91 Å². The summed E-state index contributed by atoms with van der Waals surface area (Å²) in [7, 11) is 0. The van der Waals surface area contributed by atoms with Crippen molar-refractivity contribution in [2.75, 3.05) is 6.54 Å². The molecule has 0 heterocycles. The quantitative estimate of drug-likeness (QED) is 0.748. The third kappa shape index (κ3) is 5.42. The maximum Gasteiger partial charge on any atom is 0.260 e. The van der Waals surface area contributed by atoms with Crippen LogP contribution in [0.3, 0.4) is 0 Å². The van der Waals surface area contributed by atoms with Gasteiger partial charge in [0, 0.05) is 6.54 Å². The lowest BCUT2D eigenvalue weighted by atomic mass is 9.97. The Labute approximate surface area is 140 Å². The number of nitrogens with one attached hydrogen (secondary N) is 1. The van der Waals surface area contributed by atoms with Crippen molar-refractivity contribution in [2.24, 2.45) is 0 Å². The lowest BCUT2D eigenvalue weighted by Gasteiger charge is -2.19. The SMILES string of the molecule is CC(C)c1ccccc1O[C@@H](C)C(=O)NCCC1=CCCCC1. The number of rotatable bonds is 7. The van der Waals surface area contributed by atoms with Crippen LogP contribution in [-0.4, -0.2) is 18.6 Å². The zero-order chi connectivity index (χ0) is 16.7. The molecule has 0 radical (unpaired) electrons. The smallest absolute Gasteiger partial charge is 0.260 e. The molecule has 1 aromatic carbocycles. The number of hydrogen-bond donors (Lipinski definition) is 1. The zero-order valence-corrected chi connectivity index (χ0v) is 14.6.